The zero-order valence-corrected chi connectivity index (χ0v) is 8.43. The molecule has 2 heterocycles. The highest BCUT2D eigenvalue weighted by Gasteiger charge is 2.25. The number of amides is 1. The van der Waals surface area contributed by atoms with Gasteiger partial charge in [0.2, 0.25) is 0 Å². The van der Waals surface area contributed by atoms with Crippen LogP contribution in [0, 0.1) is 0 Å². The third-order valence-electron chi connectivity index (χ3n) is 2.32. The van der Waals surface area contributed by atoms with Crippen LogP contribution in [0.1, 0.15) is 17.1 Å². The highest BCUT2D eigenvalue weighted by atomic mass is 16.5. The normalized spacial score (nSPS) is 13.9. The Balaban J connectivity index is 2.20. The summed E-state index contributed by atoms with van der Waals surface area (Å²) in [6, 6.07) is 0. The van der Waals surface area contributed by atoms with E-state index in [0.29, 0.717) is 25.5 Å². The number of ether oxygens (including phenoxy) is 1. The van der Waals surface area contributed by atoms with Crippen molar-refractivity contribution in [2.75, 3.05) is 7.11 Å². The maximum Gasteiger partial charge on any atom is 0.410 e. The summed E-state index contributed by atoms with van der Waals surface area (Å²) in [5.41, 5.74) is 7.25. The molecule has 0 aliphatic carbocycles. The smallest absolute Gasteiger partial charge is 0.410 e. The lowest BCUT2D eigenvalue weighted by atomic mass is 10.3. The van der Waals surface area contributed by atoms with Crippen LogP contribution in [0.15, 0.2) is 6.20 Å². The van der Waals surface area contributed by atoms with E-state index in [-0.39, 0.29) is 6.09 Å². The maximum atomic E-state index is 11.3. The molecular weight excluding hydrogens is 196 g/mol. The fraction of sp³-hybridized carbons (Fsp3) is 0.444. The van der Waals surface area contributed by atoms with Crippen molar-refractivity contribution in [3.05, 3.63) is 23.3 Å². The molecule has 0 saturated heterocycles. The Bertz CT molecular complexity index is 394. The zero-order chi connectivity index (χ0) is 10.8. The first kappa shape index (κ1) is 9.85. The largest absolute Gasteiger partial charge is 0.453 e. The van der Waals surface area contributed by atoms with Gasteiger partial charge in [0, 0.05) is 11.8 Å². The first-order valence-electron chi connectivity index (χ1n) is 4.61. The van der Waals surface area contributed by atoms with Crippen molar-refractivity contribution in [3.63, 3.8) is 0 Å². The Morgan fingerprint density at radius 1 is 1.67 bits per heavy atom. The minimum absolute atomic E-state index is 0.311. The first-order valence-corrected chi connectivity index (χ1v) is 4.61. The lowest BCUT2D eigenvalue weighted by Crippen LogP contribution is -2.24. The highest BCUT2D eigenvalue weighted by molar-refractivity contribution is 5.68. The molecule has 0 bridgehead atoms. The van der Waals surface area contributed by atoms with Gasteiger partial charge in [0.1, 0.15) is 5.82 Å². The molecular formula is C9H12N4O2. The summed E-state index contributed by atoms with van der Waals surface area (Å²) in [5, 5.41) is 0. The molecule has 6 nitrogen and oxygen atoms in total. The number of fused-ring (bicyclic) bond motifs is 1. The molecule has 1 aliphatic heterocycles. The fourth-order valence-electron chi connectivity index (χ4n) is 1.55. The third kappa shape index (κ3) is 1.75. The maximum absolute atomic E-state index is 11.3. The van der Waals surface area contributed by atoms with E-state index in [2.05, 4.69) is 14.7 Å². The van der Waals surface area contributed by atoms with Crippen LogP contribution in [0.25, 0.3) is 0 Å². The van der Waals surface area contributed by atoms with Crippen LogP contribution in [-0.4, -0.2) is 28.1 Å². The van der Waals surface area contributed by atoms with Crippen LogP contribution in [-0.2, 0) is 24.4 Å². The van der Waals surface area contributed by atoms with E-state index in [9.17, 15) is 4.79 Å². The van der Waals surface area contributed by atoms with Crippen molar-refractivity contribution in [3.8, 4) is 0 Å². The second-order valence-electron chi connectivity index (χ2n) is 3.29. The van der Waals surface area contributed by atoms with E-state index in [1.807, 2.05) is 0 Å². The number of nitrogens with zero attached hydrogens (tertiary/aromatic N) is 3. The fourth-order valence-corrected chi connectivity index (χ4v) is 1.55. The second kappa shape index (κ2) is 3.82. The third-order valence-corrected chi connectivity index (χ3v) is 2.32. The standard InChI is InChI=1S/C9H12N4O2/c1-15-9(14)13-4-6-3-11-8(2-10)12-7(6)5-13/h3H,2,4-5,10H2,1H3. The second-order valence-corrected chi connectivity index (χ2v) is 3.29. The Morgan fingerprint density at radius 2 is 2.47 bits per heavy atom. The molecule has 2 rings (SSSR count). The number of aromatic nitrogens is 2. The SMILES string of the molecule is COC(=O)N1Cc2cnc(CN)nc2C1. The molecule has 0 fully saturated rings. The van der Waals surface area contributed by atoms with E-state index in [1.165, 1.54) is 7.11 Å². The lowest BCUT2D eigenvalue weighted by molar-refractivity contribution is 0.123. The average molecular weight is 208 g/mol. The molecule has 2 N–H and O–H groups in total. The van der Waals surface area contributed by atoms with E-state index < -0.39 is 0 Å². The zero-order valence-electron chi connectivity index (χ0n) is 8.43. The Morgan fingerprint density at radius 3 is 3.13 bits per heavy atom. The molecule has 0 saturated carbocycles. The molecule has 1 aromatic rings. The van der Waals surface area contributed by atoms with E-state index in [0.717, 1.165) is 11.3 Å². The number of hydrogen-bond donors (Lipinski definition) is 1. The van der Waals surface area contributed by atoms with Gasteiger partial charge in [-0.15, -0.1) is 0 Å². The molecule has 80 valence electrons. The number of carbonyl (C=O) groups is 1. The molecule has 1 aliphatic rings. The Kier molecular flexibility index (Phi) is 2.51. The lowest BCUT2D eigenvalue weighted by Gasteiger charge is -2.11. The van der Waals surface area contributed by atoms with Gasteiger partial charge in [0.25, 0.3) is 0 Å². The van der Waals surface area contributed by atoms with E-state index in [4.69, 9.17) is 5.73 Å². The van der Waals surface area contributed by atoms with Gasteiger partial charge in [0.05, 0.1) is 32.4 Å². The highest BCUT2D eigenvalue weighted by Crippen LogP contribution is 2.20. The molecule has 1 aromatic heterocycles. The van der Waals surface area contributed by atoms with E-state index >= 15 is 0 Å². The summed E-state index contributed by atoms with van der Waals surface area (Å²) in [7, 11) is 1.36. The van der Waals surface area contributed by atoms with Gasteiger partial charge in [-0.2, -0.15) is 0 Å². The average Bonchev–Trinajstić information content (AvgIpc) is 2.70. The van der Waals surface area contributed by atoms with Crippen molar-refractivity contribution in [2.45, 2.75) is 19.6 Å². The van der Waals surface area contributed by atoms with Crippen LogP contribution >= 0.6 is 0 Å². The number of hydrogen-bond acceptors (Lipinski definition) is 5. The number of rotatable bonds is 1. The molecule has 0 unspecified atom stereocenters. The molecule has 15 heavy (non-hydrogen) atoms. The summed E-state index contributed by atoms with van der Waals surface area (Å²) >= 11 is 0. The van der Waals surface area contributed by atoms with Crippen LogP contribution in [0.5, 0.6) is 0 Å². The van der Waals surface area contributed by atoms with Crippen LogP contribution < -0.4 is 5.73 Å². The monoisotopic (exact) mass is 208 g/mol. The van der Waals surface area contributed by atoms with Crippen molar-refractivity contribution in [2.24, 2.45) is 5.73 Å². The Hall–Kier alpha value is -1.69. The number of carbonyl (C=O) groups excluding carboxylic acids is 1. The first-order chi connectivity index (χ1) is 7.24. The summed E-state index contributed by atoms with van der Waals surface area (Å²) < 4.78 is 4.64. The van der Waals surface area contributed by atoms with Gasteiger partial charge >= 0.3 is 6.09 Å². The molecule has 6 heteroatoms. The van der Waals surface area contributed by atoms with Gasteiger partial charge in [0.15, 0.2) is 0 Å². The minimum atomic E-state index is -0.345. The summed E-state index contributed by atoms with van der Waals surface area (Å²) in [5.74, 6) is 0.598. The van der Waals surface area contributed by atoms with Crippen molar-refractivity contribution >= 4 is 6.09 Å². The molecule has 0 spiro atoms. The minimum Gasteiger partial charge on any atom is -0.453 e. The molecule has 0 aromatic carbocycles. The quantitative estimate of drug-likeness (QED) is 0.703. The van der Waals surface area contributed by atoms with Crippen molar-refractivity contribution in [1.29, 1.82) is 0 Å². The summed E-state index contributed by atoms with van der Waals surface area (Å²) in [6.07, 6.45) is 1.37. The van der Waals surface area contributed by atoms with Crippen molar-refractivity contribution in [1.82, 2.24) is 14.9 Å². The number of methoxy groups -OCH3 is 1. The molecule has 0 atom stereocenters. The molecule has 0 radical (unpaired) electrons. The van der Waals surface area contributed by atoms with Crippen LogP contribution in [0.2, 0.25) is 0 Å². The Labute approximate surface area is 87.1 Å². The van der Waals surface area contributed by atoms with Gasteiger partial charge in [-0.1, -0.05) is 0 Å². The van der Waals surface area contributed by atoms with Crippen LogP contribution in [0.3, 0.4) is 0 Å². The predicted octanol–water partition coefficient (Wildman–Crippen LogP) is 0.0173. The summed E-state index contributed by atoms with van der Waals surface area (Å²) in [4.78, 5) is 21.2. The van der Waals surface area contributed by atoms with Gasteiger partial charge < -0.3 is 10.5 Å². The van der Waals surface area contributed by atoms with Crippen LogP contribution in [0.4, 0.5) is 4.79 Å². The van der Waals surface area contributed by atoms with E-state index in [1.54, 1.807) is 11.1 Å². The topological polar surface area (TPSA) is 81.3 Å². The number of nitrogens with two attached hydrogens (primary N) is 1. The van der Waals surface area contributed by atoms with Crippen molar-refractivity contribution < 1.29 is 9.53 Å². The van der Waals surface area contributed by atoms with Gasteiger partial charge in [-0.25, -0.2) is 14.8 Å². The predicted molar refractivity (Wildman–Crippen MR) is 51.6 cm³/mol. The van der Waals surface area contributed by atoms with Gasteiger partial charge in [-0.05, 0) is 0 Å². The summed E-state index contributed by atoms with van der Waals surface area (Å²) in [6.45, 7) is 1.29. The van der Waals surface area contributed by atoms with Gasteiger partial charge in [-0.3, -0.25) is 4.90 Å². The molecule has 1 amide bonds.